The number of fused-ring (bicyclic) bond motifs is 4. The SMILES string of the molecule is CCCCCc1cc(CCCCC)c(B2c3ccc(Cl)cc3CCc3cc4c(cc32)CCc2cc(Cl)ccc2B4c2c(C(C)(C)C)cc(CCCCC)cc2C(C)(C)C)c(C(C)(C)C)c1. The van der Waals surface area contributed by atoms with Crippen molar-refractivity contribution in [2.45, 2.75) is 202 Å². The Morgan fingerprint density at radius 2 is 0.754 bits per heavy atom. The maximum atomic E-state index is 6.94. The highest BCUT2D eigenvalue weighted by molar-refractivity contribution is 6.98. The zero-order valence-electron chi connectivity index (χ0n) is 42.7. The first-order valence-electron chi connectivity index (χ1n) is 25.9. The van der Waals surface area contributed by atoms with Crippen LogP contribution in [0.2, 0.25) is 10.0 Å². The minimum Gasteiger partial charge on any atom is -0.0843 e. The fourth-order valence-electron chi connectivity index (χ4n) is 11.6. The van der Waals surface area contributed by atoms with E-state index in [1.165, 1.54) is 135 Å². The van der Waals surface area contributed by atoms with Gasteiger partial charge in [-0.25, -0.2) is 0 Å². The monoisotopic (exact) mass is 905 g/mol. The molecular formula is C61H80B2Cl2. The van der Waals surface area contributed by atoms with Gasteiger partial charge in [-0.3, -0.25) is 0 Å². The number of hydrogen-bond donors (Lipinski definition) is 0. The van der Waals surface area contributed by atoms with Crippen molar-refractivity contribution in [3.63, 3.8) is 0 Å². The molecule has 0 amide bonds. The quantitative estimate of drug-likeness (QED) is 0.0769. The summed E-state index contributed by atoms with van der Waals surface area (Å²) in [5.41, 5.74) is 23.7. The van der Waals surface area contributed by atoms with Gasteiger partial charge in [0.2, 0.25) is 13.4 Å². The van der Waals surface area contributed by atoms with Crippen LogP contribution in [-0.2, 0) is 61.2 Å². The molecule has 0 aromatic heterocycles. The Balaban J connectivity index is 1.55. The van der Waals surface area contributed by atoms with E-state index in [2.05, 4.69) is 156 Å². The normalized spacial score (nSPS) is 14.1. The van der Waals surface area contributed by atoms with Gasteiger partial charge in [-0.05, 0) is 133 Å². The van der Waals surface area contributed by atoms with Crippen LogP contribution in [0.5, 0.6) is 0 Å². The van der Waals surface area contributed by atoms with Crippen LogP contribution < -0.4 is 32.8 Å². The van der Waals surface area contributed by atoms with Gasteiger partial charge in [0.1, 0.15) is 0 Å². The Labute approximate surface area is 407 Å². The molecule has 2 heterocycles. The van der Waals surface area contributed by atoms with Crippen LogP contribution >= 0.6 is 23.2 Å². The molecule has 0 bridgehead atoms. The van der Waals surface area contributed by atoms with Crippen molar-refractivity contribution in [3.05, 3.63) is 138 Å². The third-order valence-electron chi connectivity index (χ3n) is 14.9. The van der Waals surface area contributed by atoms with E-state index in [1.807, 2.05) is 0 Å². The summed E-state index contributed by atoms with van der Waals surface area (Å²) in [5.74, 6) is 0. The molecular weight excluding hydrogens is 825 g/mol. The van der Waals surface area contributed by atoms with Gasteiger partial charge < -0.3 is 0 Å². The number of aryl methyl sites for hydroxylation is 7. The van der Waals surface area contributed by atoms with Crippen LogP contribution in [0.1, 0.15) is 197 Å². The van der Waals surface area contributed by atoms with E-state index in [9.17, 15) is 0 Å². The summed E-state index contributed by atoms with van der Waals surface area (Å²) in [6.07, 6.45) is 18.5. The van der Waals surface area contributed by atoms with Crippen LogP contribution in [0.15, 0.2) is 72.8 Å². The van der Waals surface area contributed by atoms with Gasteiger partial charge in [-0.1, -0.05) is 254 Å². The van der Waals surface area contributed by atoms with Crippen molar-refractivity contribution in [1.82, 2.24) is 0 Å². The summed E-state index contributed by atoms with van der Waals surface area (Å²) in [7, 11) is 0. The summed E-state index contributed by atoms with van der Waals surface area (Å²) < 4.78 is 0. The van der Waals surface area contributed by atoms with E-state index < -0.39 is 0 Å². The third kappa shape index (κ3) is 11.1. The van der Waals surface area contributed by atoms with Crippen LogP contribution in [0.25, 0.3) is 0 Å². The van der Waals surface area contributed by atoms with E-state index in [4.69, 9.17) is 23.2 Å². The largest absolute Gasteiger partial charge is 0.242 e. The standard InChI is InChI=1S/C61H80B2Cl2/c1-13-16-19-22-41-33-47(24-21-18-15-3)57(50(34-41)59(4,5)6)62-53-31-29-48(64)37-43(53)25-27-45-40-56-46(39-55(45)62)28-26-44-38-49(65)30-32-54(44)63(56)58-51(60(7,8)9)35-42(23-20-17-14-2)36-52(58)61(10,11)12/h29-40H,13-28H2,1-12H3. The molecule has 65 heavy (non-hydrogen) atoms. The van der Waals surface area contributed by atoms with Crippen molar-refractivity contribution < 1.29 is 0 Å². The lowest BCUT2D eigenvalue weighted by atomic mass is 9.31. The third-order valence-corrected chi connectivity index (χ3v) is 15.4. The second kappa shape index (κ2) is 20.6. The molecule has 0 radical (unpaired) electrons. The highest BCUT2D eigenvalue weighted by Gasteiger charge is 2.40. The molecule has 2 aliphatic heterocycles. The molecule has 0 unspecified atom stereocenters. The molecule has 0 saturated heterocycles. The summed E-state index contributed by atoms with van der Waals surface area (Å²) in [5, 5.41) is 1.68. The number of rotatable bonds is 14. The Hall–Kier alpha value is -3.19. The summed E-state index contributed by atoms with van der Waals surface area (Å²) in [4.78, 5) is 0. The Kier molecular flexibility index (Phi) is 15.7. The number of unbranched alkanes of at least 4 members (excludes halogenated alkanes) is 6. The van der Waals surface area contributed by atoms with E-state index in [1.54, 1.807) is 11.0 Å². The van der Waals surface area contributed by atoms with Gasteiger partial charge in [-0.2, -0.15) is 0 Å². The van der Waals surface area contributed by atoms with Gasteiger partial charge in [0.05, 0.1) is 0 Å². The molecule has 344 valence electrons. The fourth-order valence-corrected chi connectivity index (χ4v) is 12.0. The maximum absolute atomic E-state index is 6.94. The van der Waals surface area contributed by atoms with Crippen molar-refractivity contribution >= 4 is 69.4 Å². The molecule has 0 N–H and O–H groups in total. The van der Waals surface area contributed by atoms with Crippen molar-refractivity contribution in [2.24, 2.45) is 0 Å². The lowest BCUT2D eigenvalue weighted by Gasteiger charge is -2.35. The molecule has 7 rings (SSSR count). The zero-order chi connectivity index (χ0) is 46.8. The minimum absolute atomic E-state index is 0.0260. The first-order chi connectivity index (χ1) is 30.8. The average molecular weight is 906 g/mol. The smallest absolute Gasteiger partial charge is 0.0843 e. The molecule has 4 heteroatoms. The predicted molar refractivity (Wildman–Crippen MR) is 292 cm³/mol. The molecule has 0 saturated carbocycles. The summed E-state index contributed by atoms with van der Waals surface area (Å²) >= 11 is 13.9. The van der Waals surface area contributed by atoms with E-state index in [0.717, 1.165) is 55.0 Å². The van der Waals surface area contributed by atoms with Crippen LogP contribution in [0.3, 0.4) is 0 Å². The zero-order valence-corrected chi connectivity index (χ0v) is 44.2. The Morgan fingerprint density at radius 1 is 0.400 bits per heavy atom. The number of hydrogen-bond acceptors (Lipinski definition) is 0. The van der Waals surface area contributed by atoms with Crippen molar-refractivity contribution in [3.8, 4) is 0 Å². The second-order valence-electron chi connectivity index (χ2n) is 23.2. The van der Waals surface area contributed by atoms with Crippen molar-refractivity contribution in [1.29, 1.82) is 0 Å². The highest BCUT2D eigenvalue weighted by atomic mass is 35.5. The van der Waals surface area contributed by atoms with E-state index in [-0.39, 0.29) is 29.7 Å². The molecule has 0 fully saturated rings. The van der Waals surface area contributed by atoms with Gasteiger partial charge in [0.15, 0.2) is 0 Å². The Bertz CT molecular complexity index is 2440. The molecule has 0 aliphatic carbocycles. The molecule has 0 atom stereocenters. The topological polar surface area (TPSA) is 0 Å². The summed E-state index contributed by atoms with van der Waals surface area (Å²) in [6, 6.07) is 29.6. The first kappa shape index (κ1) is 49.7. The lowest BCUT2D eigenvalue weighted by Crippen LogP contribution is -2.60. The molecule has 2 aliphatic rings. The first-order valence-corrected chi connectivity index (χ1v) is 26.7. The molecule has 0 spiro atoms. The Morgan fingerprint density at radius 3 is 1.15 bits per heavy atom. The van der Waals surface area contributed by atoms with Crippen LogP contribution in [0.4, 0.5) is 0 Å². The van der Waals surface area contributed by atoms with Crippen LogP contribution in [-0.4, -0.2) is 13.4 Å². The number of benzene rings is 5. The van der Waals surface area contributed by atoms with E-state index >= 15 is 0 Å². The van der Waals surface area contributed by atoms with E-state index in [0.29, 0.717) is 0 Å². The lowest BCUT2D eigenvalue weighted by molar-refractivity contribution is 0.573. The minimum atomic E-state index is -0.0485. The predicted octanol–water partition coefficient (Wildman–Crippen LogP) is 13.3. The van der Waals surface area contributed by atoms with Crippen molar-refractivity contribution in [2.75, 3.05) is 0 Å². The van der Waals surface area contributed by atoms with Gasteiger partial charge in [0.25, 0.3) is 0 Å². The fraction of sp³-hybridized carbons (Fsp3) is 0.508. The maximum Gasteiger partial charge on any atom is 0.242 e. The molecule has 0 nitrogen and oxygen atoms in total. The molecule has 5 aromatic rings. The summed E-state index contributed by atoms with van der Waals surface area (Å²) in [6.45, 7) is 29.2. The number of halogens is 2. The van der Waals surface area contributed by atoms with Gasteiger partial charge in [-0.15, -0.1) is 0 Å². The van der Waals surface area contributed by atoms with Gasteiger partial charge in [0, 0.05) is 10.0 Å². The second-order valence-corrected chi connectivity index (χ2v) is 24.1. The highest BCUT2D eigenvalue weighted by Crippen LogP contribution is 2.33. The van der Waals surface area contributed by atoms with Gasteiger partial charge >= 0.3 is 0 Å². The average Bonchev–Trinajstić information content (AvgIpc) is 3.48. The molecule has 5 aromatic carbocycles. The van der Waals surface area contributed by atoms with Crippen LogP contribution in [0, 0.1) is 0 Å².